The van der Waals surface area contributed by atoms with Gasteiger partial charge in [-0.3, -0.25) is 9.78 Å². The molecular weight excluding hydrogens is 264 g/mol. The number of carbonyl (C=O) groups excluding carboxylic acids is 1. The first-order valence-electron chi connectivity index (χ1n) is 6.91. The van der Waals surface area contributed by atoms with Crippen molar-refractivity contribution < 1.29 is 9.53 Å². The summed E-state index contributed by atoms with van der Waals surface area (Å²) in [7, 11) is 1.63. The van der Waals surface area contributed by atoms with E-state index in [0.29, 0.717) is 13.0 Å². The van der Waals surface area contributed by atoms with Crippen LogP contribution in [0.2, 0.25) is 0 Å². The first-order chi connectivity index (χ1) is 10.1. The fourth-order valence-corrected chi connectivity index (χ4v) is 2.39. The molecule has 1 heterocycles. The number of aromatic nitrogens is 1. The molecule has 2 rings (SSSR count). The highest BCUT2D eigenvalue weighted by Gasteiger charge is 2.11. The van der Waals surface area contributed by atoms with Crippen LogP contribution in [0.25, 0.3) is 0 Å². The number of amides is 1. The van der Waals surface area contributed by atoms with Crippen LogP contribution in [0.4, 0.5) is 0 Å². The zero-order chi connectivity index (χ0) is 15.2. The van der Waals surface area contributed by atoms with Crippen LogP contribution in [0, 0.1) is 13.8 Å². The van der Waals surface area contributed by atoms with E-state index < -0.39 is 0 Å². The molecule has 4 heteroatoms. The summed E-state index contributed by atoms with van der Waals surface area (Å²) in [5, 5.41) is 2.88. The number of nitrogens with zero attached hydrogens (tertiary/aromatic N) is 1. The fourth-order valence-electron chi connectivity index (χ4n) is 2.39. The van der Waals surface area contributed by atoms with Crippen molar-refractivity contribution in [3.8, 4) is 5.75 Å². The number of aryl methyl sites for hydroxylation is 2. The van der Waals surface area contributed by atoms with Gasteiger partial charge in [-0.1, -0.05) is 23.8 Å². The fraction of sp³-hybridized carbons (Fsp3) is 0.294. The van der Waals surface area contributed by atoms with Gasteiger partial charge < -0.3 is 10.1 Å². The molecule has 110 valence electrons. The molecule has 0 radical (unpaired) electrons. The summed E-state index contributed by atoms with van der Waals surface area (Å²) < 4.78 is 5.40. The molecule has 1 amide bonds. The van der Waals surface area contributed by atoms with Gasteiger partial charge in [0.05, 0.1) is 25.8 Å². The van der Waals surface area contributed by atoms with Crippen molar-refractivity contribution in [2.24, 2.45) is 0 Å². The van der Waals surface area contributed by atoms with Gasteiger partial charge in [0.2, 0.25) is 5.91 Å². The smallest absolute Gasteiger partial charge is 0.224 e. The van der Waals surface area contributed by atoms with E-state index in [2.05, 4.69) is 10.3 Å². The number of methoxy groups -OCH3 is 1. The van der Waals surface area contributed by atoms with Gasteiger partial charge in [0.15, 0.2) is 0 Å². The monoisotopic (exact) mass is 284 g/mol. The Morgan fingerprint density at radius 2 is 2.10 bits per heavy atom. The minimum Gasteiger partial charge on any atom is -0.496 e. The van der Waals surface area contributed by atoms with Crippen LogP contribution < -0.4 is 10.1 Å². The Kier molecular flexibility index (Phi) is 4.93. The van der Waals surface area contributed by atoms with Gasteiger partial charge in [0.1, 0.15) is 5.75 Å². The minimum absolute atomic E-state index is 0.0380. The number of nitrogens with one attached hydrogen (secondary N) is 1. The molecule has 4 nitrogen and oxygen atoms in total. The molecule has 0 atom stereocenters. The molecule has 0 unspecified atom stereocenters. The van der Waals surface area contributed by atoms with Gasteiger partial charge in [0, 0.05) is 11.8 Å². The third-order valence-electron chi connectivity index (χ3n) is 3.24. The van der Waals surface area contributed by atoms with Crippen molar-refractivity contribution in [1.29, 1.82) is 0 Å². The Morgan fingerprint density at radius 1 is 1.29 bits per heavy atom. The summed E-state index contributed by atoms with van der Waals surface area (Å²) in [6.07, 6.45) is 2.02. The number of hydrogen-bond acceptors (Lipinski definition) is 3. The molecule has 1 aromatic carbocycles. The third kappa shape index (κ3) is 4.05. The molecule has 0 fully saturated rings. The highest BCUT2D eigenvalue weighted by molar-refractivity contribution is 5.79. The molecule has 0 saturated carbocycles. The van der Waals surface area contributed by atoms with E-state index >= 15 is 0 Å². The van der Waals surface area contributed by atoms with Crippen LogP contribution in [0.5, 0.6) is 5.75 Å². The number of benzene rings is 1. The summed E-state index contributed by atoms with van der Waals surface area (Å²) >= 11 is 0. The Balaban J connectivity index is 2.03. The van der Waals surface area contributed by atoms with E-state index in [0.717, 1.165) is 28.1 Å². The van der Waals surface area contributed by atoms with E-state index in [1.165, 1.54) is 0 Å². The van der Waals surface area contributed by atoms with Gasteiger partial charge in [-0.15, -0.1) is 0 Å². The maximum Gasteiger partial charge on any atom is 0.224 e. The highest BCUT2D eigenvalue weighted by atomic mass is 16.5. The lowest BCUT2D eigenvalue weighted by Gasteiger charge is -2.13. The molecule has 1 N–H and O–H groups in total. The maximum absolute atomic E-state index is 12.1. The topological polar surface area (TPSA) is 51.2 Å². The van der Waals surface area contributed by atoms with Crippen molar-refractivity contribution in [3.63, 3.8) is 0 Å². The van der Waals surface area contributed by atoms with Crippen molar-refractivity contribution in [3.05, 3.63) is 58.9 Å². The summed E-state index contributed by atoms with van der Waals surface area (Å²) in [6.45, 7) is 4.44. The molecular formula is C17H20N2O2. The Labute approximate surface area is 125 Å². The first-order valence-corrected chi connectivity index (χ1v) is 6.91. The van der Waals surface area contributed by atoms with Crippen LogP contribution in [0.3, 0.4) is 0 Å². The van der Waals surface area contributed by atoms with Crippen molar-refractivity contribution in [2.75, 3.05) is 7.11 Å². The lowest BCUT2D eigenvalue weighted by Crippen LogP contribution is -2.25. The highest BCUT2D eigenvalue weighted by Crippen LogP contribution is 2.25. The van der Waals surface area contributed by atoms with Crippen molar-refractivity contribution >= 4 is 5.91 Å². The largest absolute Gasteiger partial charge is 0.496 e. The lowest BCUT2D eigenvalue weighted by atomic mass is 10.0. The van der Waals surface area contributed by atoms with E-state index in [-0.39, 0.29) is 5.91 Å². The molecule has 0 aliphatic heterocycles. The third-order valence-corrected chi connectivity index (χ3v) is 3.24. The molecule has 21 heavy (non-hydrogen) atoms. The van der Waals surface area contributed by atoms with Crippen molar-refractivity contribution in [2.45, 2.75) is 26.8 Å². The van der Waals surface area contributed by atoms with Crippen LogP contribution >= 0.6 is 0 Å². The summed E-state index contributed by atoms with van der Waals surface area (Å²) in [5.74, 6) is 0.748. The molecule has 2 aromatic rings. The summed E-state index contributed by atoms with van der Waals surface area (Å²) in [6, 6.07) is 9.69. The second-order valence-electron chi connectivity index (χ2n) is 5.05. The Bertz CT molecular complexity index is 624. The summed E-state index contributed by atoms with van der Waals surface area (Å²) in [5.41, 5.74) is 3.93. The van der Waals surface area contributed by atoms with E-state index in [1.54, 1.807) is 13.3 Å². The van der Waals surface area contributed by atoms with Crippen LogP contribution in [0.15, 0.2) is 36.5 Å². The van der Waals surface area contributed by atoms with Crippen molar-refractivity contribution in [1.82, 2.24) is 10.3 Å². The van der Waals surface area contributed by atoms with Crippen LogP contribution in [-0.2, 0) is 17.8 Å². The SMILES string of the molecule is COc1c(C)cc(C)cc1CC(=O)NCc1ccccn1. The van der Waals surface area contributed by atoms with E-state index in [9.17, 15) is 4.79 Å². The number of ether oxygens (including phenoxy) is 1. The quantitative estimate of drug-likeness (QED) is 0.918. The van der Waals surface area contributed by atoms with Gasteiger partial charge in [-0.05, 0) is 31.5 Å². The molecule has 0 spiro atoms. The molecule has 0 bridgehead atoms. The van der Waals surface area contributed by atoms with Gasteiger partial charge in [-0.2, -0.15) is 0 Å². The molecule has 0 aliphatic carbocycles. The maximum atomic E-state index is 12.1. The van der Waals surface area contributed by atoms with E-state index in [1.807, 2.05) is 44.2 Å². The number of hydrogen-bond donors (Lipinski definition) is 1. The predicted molar refractivity (Wildman–Crippen MR) is 82.3 cm³/mol. The second kappa shape index (κ2) is 6.88. The zero-order valence-corrected chi connectivity index (χ0v) is 12.6. The standard InChI is InChI=1S/C17H20N2O2/c1-12-8-13(2)17(21-3)14(9-12)10-16(20)19-11-15-6-4-5-7-18-15/h4-9H,10-11H2,1-3H3,(H,19,20). The molecule has 1 aromatic heterocycles. The zero-order valence-electron chi connectivity index (χ0n) is 12.6. The Hall–Kier alpha value is -2.36. The molecule has 0 aliphatic rings. The average molecular weight is 284 g/mol. The number of pyridine rings is 1. The Morgan fingerprint density at radius 3 is 2.76 bits per heavy atom. The number of rotatable bonds is 5. The summed E-state index contributed by atoms with van der Waals surface area (Å²) in [4.78, 5) is 16.3. The average Bonchev–Trinajstić information content (AvgIpc) is 2.46. The number of carbonyl (C=O) groups is 1. The van der Waals surface area contributed by atoms with Gasteiger partial charge in [-0.25, -0.2) is 0 Å². The van der Waals surface area contributed by atoms with Gasteiger partial charge in [0.25, 0.3) is 0 Å². The molecule has 0 saturated heterocycles. The minimum atomic E-state index is -0.0380. The predicted octanol–water partition coefficient (Wildman–Crippen LogP) is 2.57. The normalized spacial score (nSPS) is 10.2. The first kappa shape index (κ1) is 15.0. The lowest BCUT2D eigenvalue weighted by molar-refractivity contribution is -0.120. The van der Waals surface area contributed by atoms with Crippen LogP contribution in [0.1, 0.15) is 22.4 Å². The van der Waals surface area contributed by atoms with Crippen LogP contribution in [-0.4, -0.2) is 18.0 Å². The second-order valence-corrected chi connectivity index (χ2v) is 5.05. The van der Waals surface area contributed by atoms with E-state index in [4.69, 9.17) is 4.74 Å². The van der Waals surface area contributed by atoms with Gasteiger partial charge >= 0.3 is 0 Å².